The van der Waals surface area contributed by atoms with Gasteiger partial charge >= 0.3 is 6.18 Å². The highest BCUT2D eigenvalue weighted by molar-refractivity contribution is 5.79. The molecule has 0 amide bonds. The quantitative estimate of drug-likeness (QED) is 0.316. The molecule has 0 aliphatic rings. The van der Waals surface area contributed by atoms with Gasteiger partial charge in [0.25, 0.3) is 0 Å². The molecule has 0 radical (unpaired) electrons. The first-order valence-electron chi connectivity index (χ1n) is 7.65. The fourth-order valence-corrected chi connectivity index (χ4v) is 1.75. The first-order valence-corrected chi connectivity index (χ1v) is 7.65. The molecule has 0 saturated heterocycles. The molecule has 0 fully saturated rings. The molecule has 0 spiro atoms. The molecular weight excluding hydrogens is 313 g/mol. The van der Waals surface area contributed by atoms with Crippen molar-refractivity contribution in [3.05, 3.63) is 0 Å². The lowest BCUT2D eigenvalue weighted by Crippen LogP contribution is -2.41. The van der Waals surface area contributed by atoms with E-state index in [4.69, 9.17) is 4.74 Å². The second-order valence-electron chi connectivity index (χ2n) is 5.10. The minimum absolute atomic E-state index is 0.0613. The molecule has 6 nitrogen and oxygen atoms in total. The maximum absolute atomic E-state index is 11.9. The molecule has 9 heteroatoms. The van der Waals surface area contributed by atoms with Crippen LogP contribution in [0.5, 0.6) is 0 Å². The van der Waals surface area contributed by atoms with Crippen molar-refractivity contribution in [2.24, 2.45) is 4.99 Å². The van der Waals surface area contributed by atoms with Crippen molar-refractivity contribution in [1.82, 2.24) is 15.5 Å². The van der Waals surface area contributed by atoms with Crippen LogP contribution in [0.4, 0.5) is 13.2 Å². The van der Waals surface area contributed by atoms with Gasteiger partial charge in [0.05, 0.1) is 0 Å². The molecule has 0 rings (SSSR count). The second kappa shape index (κ2) is 13.4. The van der Waals surface area contributed by atoms with Crippen molar-refractivity contribution in [3.8, 4) is 0 Å². The smallest absolute Gasteiger partial charge is 0.385 e. The molecule has 0 atom stereocenters. The monoisotopic (exact) mass is 342 g/mol. The zero-order valence-corrected chi connectivity index (χ0v) is 14.2. The number of rotatable bonds is 12. The minimum Gasteiger partial charge on any atom is -0.385 e. The Labute approximate surface area is 136 Å². The summed E-state index contributed by atoms with van der Waals surface area (Å²) in [4.78, 5) is 6.24. The van der Waals surface area contributed by atoms with E-state index < -0.39 is 12.8 Å². The summed E-state index contributed by atoms with van der Waals surface area (Å²) < 4.78 is 45.1. The highest BCUT2D eigenvalue weighted by atomic mass is 19.4. The standard InChI is InChI=1S/C14H29F3N4O2/c1-18-13(19-6-4-11-23-12-14(15,16)17)20-7-9-21(2)8-5-10-22-3/h4-12H2,1-3H3,(H2,18,19,20). The zero-order valence-electron chi connectivity index (χ0n) is 14.2. The summed E-state index contributed by atoms with van der Waals surface area (Å²) in [6.45, 7) is 2.66. The fourth-order valence-electron chi connectivity index (χ4n) is 1.75. The molecule has 23 heavy (non-hydrogen) atoms. The molecule has 138 valence electrons. The molecule has 0 bridgehead atoms. The van der Waals surface area contributed by atoms with E-state index >= 15 is 0 Å². The first kappa shape index (κ1) is 21.9. The van der Waals surface area contributed by atoms with Gasteiger partial charge in [-0.05, 0) is 19.9 Å². The molecule has 0 aromatic rings. The van der Waals surface area contributed by atoms with Crippen LogP contribution in [0.15, 0.2) is 4.99 Å². The lowest BCUT2D eigenvalue weighted by molar-refractivity contribution is -0.173. The number of likely N-dealkylation sites (N-methyl/N-ethyl adjacent to an activating group) is 1. The lowest BCUT2D eigenvalue weighted by Gasteiger charge is -2.18. The molecular formula is C14H29F3N4O2. The van der Waals surface area contributed by atoms with Crippen molar-refractivity contribution >= 4 is 5.96 Å². The molecule has 2 N–H and O–H groups in total. The third-order valence-electron chi connectivity index (χ3n) is 2.92. The SMILES string of the molecule is CN=C(NCCCOCC(F)(F)F)NCCN(C)CCCOC. The molecule has 0 unspecified atom stereocenters. The van der Waals surface area contributed by atoms with Crippen molar-refractivity contribution in [2.75, 3.05) is 67.2 Å². The van der Waals surface area contributed by atoms with Crippen LogP contribution in [0.1, 0.15) is 12.8 Å². The molecule has 0 aromatic heterocycles. The van der Waals surface area contributed by atoms with E-state index in [2.05, 4.69) is 25.3 Å². The van der Waals surface area contributed by atoms with E-state index in [1.165, 1.54) is 0 Å². The highest BCUT2D eigenvalue weighted by Gasteiger charge is 2.27. The number of ether oxygens (including phenoxy) is 2. The second-order valence-corrected chi connectivity index (χ2v) is 5.10. The van der Waals surface area contributed by atoms with Gasteiger partial charge in [0.1, 0.15) is 6.61 Å². The number of alkyl halides is 3. The van der Waals surface area contributed by atoms with Gasteiger partial charge in [0, 0.05) is 53.6 Å². The Morgan fingerprint density at radius 2 is 1.78 bits per heavy atom. The largest absolute Gasteiger partial charge is 0.411 e. The summed E-state index contributed by atoms with van der Waals surface area (Å²) >= 11 is 0. The van der Waals surface area contributed by atoms with Crippen LogP contribution < -0.4 is 10.6 Å². The van der Waals surface area contributed by atoms with Crippen molar-refractivity contribution < 1.29 is 22.6 Å². The van der Waals surface area contributed by atoms with Gasteiger partial charge < -0.3 is 25.0 Å². The number of methoxy groups -OCH3 is 1. The van der Waals surface area contributed by atoms with E-state index in [0.29, 0.717) is 18.9 Å². The van der Waals surface area contributed by atoms with Crippen LogP contribution in [0.25, 0.3) is 0 Å². The number of halogens is 3. The van der Waals surface area contributed by atoms with E-state index in [1.54, 1.807) is 14.2 Å². The predicted octanol–water partition coefficient (Wildman–Crippen LogP) is 1.09. The van der Waals surface area contributed by atoms with Crippen LogP contribution in [0.3, 0.4) is 0 Å². The normalized spacial score (nSPS) is 12.7. The highest BCUT2D eigenvalue weighted by Crippen LogP contribution is 2.14. The summed E-state index contributed by atoms with van der Waals surface area (Å²) in [6, 6.07) is 0. The third-order valence-corrected chi connectivity index (χ3v) is 2.92. The van der Waals surface area contributed by atoms with Crippen LogP contribution in [0, 0.1) is 0 Å². The maximum atomic E-state index is 11.9. The van der Waals surface area contributed by atoms with Crippen molar-refractivity contribution in [1.29, 1.82) is 0 Å². The number of hydrogen-bond donors (Lipinski definition) is 2. The van der Waals surface area contributed by atoms with E-state index in [1.807, 2.05) is 7.05 Å². The van der Waals surface area contributed by atoms with Crippen LogP contribution in [-0.2, 0) is 9.47 Å². The Morgan fingerprint density at radius 3 is 2.39 bits per heavy atom. The van der Waals surface area contributed by atoms with Crippen molar-refractivity contribution in [3.63, 3.8) is 0 Å². The summed E-state index contributed by atoms with van der Waals surface area (Å²) in [6.07, 6.45) is -2.80. The first-order chi connectivity index (χ1) is 10.9. The van der Waals surface area contributed by atoms with Crippen molar-refractivity contribution in [2.45, 2.75) is 19.0 Å². The molecule has 0 aliphatic heterocycles. The number of aliphatic imine (C=N–C) groups is 1. The van der Waals surface area contributed by atoms with Gasteiger partial charge in [-0.25, -0.2) is 0 Å². The molecule has 0 heterocycles. The Kier molecular flexibility index (Phi) is 12.8. The summed E-state index contributed by atoms with van der Waals surface area (Å²) in [5.74, 6) is 0.631. The predicted molar refractivity (Wildman–Crippen MR) is 84.8 cm³/mol. The van der Waals surface area contributed by atoms with E-state index in [-0.39, 0.29) is 6.61 Å². The van der Waals surface area contributed by atoms with Gasteiger partial charge in [-0.1, -0.05) is 0 Å². The summed E-state index contributed by atoms with van der Waals surface area (Å²) in [5.41, 5.74) is 0. The Bertz CT molecular complexity index is 315. The van der Waals surface area contributed by atoms with Gasteiger partial charge in [0.15, 0.2) is 5.96 Å². The third kappa shape index (κ3) is 15.6. The van der Waals surface area contributed by atoms with Gasteiger partial charge in [-0.2, -0.15) is 13.2 Å². The van der Waals surface area contributed by atoms with Gasteiger partial charge in [-0.3, -0.25) is 4.99 Å². The van der Waals surface area contributed by atoms with Gasteiger partial charge in [0.2, 0.25) is 0 Å². The summed E-state index contributed by atoms with van der Waals surface area (Å²) in [7, 11) is 5.37. The Hall–Kier alpha value is -1.06. The average Bonchev–Trinajstić information content (AvgIpc) is 2.48. The number of guanidine groups is 1. The van der Waals surface area contributed by atoms with Crippen LogP contribution in [-0.4, -0.2) is 84.2 Å². The number of nitrogens with zero attached hydrogens (tertiary/aromatic N) is 2. The number of nitrogens with one attached hydrogen (secondary N) is 2. The van der Waals surface area contributed by atoms with E-state index in [9.17, 15) is 13.2 Å². The van der Waals surface area contributed by atoms with Crippen LogP contribution in [0.2, 0.25) is 0 Å². The molecule has 0 aliphatic carbocycles. The maximum Gasteiger partial charge on any atom is 0.411 e. The number of hydrogen-bond acceptors (Lipinski definition) is 4. The Morgan fingerprint density at radius 1 is 1.09 bits per heavy atom. The van der Waals surface area contributed by atoms with Gasteiger partial charge in [-0.15, -0.1) is 0 Å². The topological polar surface area (TPSA) is 58.1 Å². The molecule has 0 saturated carbocycles. The van der Waals surface area contributed by atoms with E-state index in [0.717, 1.165) is 32.7 Å². The Balaban J connectivity index is 3.60. The molecule has 0 aromatic carbocycles. The van der Waals surface area contributed by atoms with Crippen LogP contribution >= 0.6 is 0 Å². The zero-order chi connectivity index (χ0) is 17.6. The minimum atomic E-state index is -4.26. The summed E-state index contributed by atoms with van der Waals surface area (Å²) in [5, 5.41) is 6.18. The fraction of sp³-hybridized carbons (Fsp3) is 0.929. The average molecular weight is 342 g/mol. The lowest BCUT2D eigenvalue weighted by atomic mass is 10.4.